The van der Waals surface area contributed by atoms with Gasteiger partial charge in [0.2, 0.25) is 0 Å². The number of carbonyl (C=O) groups excluding carboxylic acids is 1. The molecule has 19 heavy (non-hydrogen) atoms. The van der Waals surface area contributed by atoms with Crippen molar-refractivity contribution in [1.29, 1.82) is 0 Å². The molecule has 2 aromatic rings. The van der Waals surface area contributed by atoms with Gasteiger partial charge in [-0.15, -0.1) is 16.4 Å². The summed E-state index contributed by atoms with van der Waals surface area (Å²) in [6.07, 6.45) is -1.31. The Morgan fingerprint density at radius 3 is 2.95 bits per heavy atom. The number of halogens is 2. The highest BCUT2D eigenvalue weighted by Crippen LogP contribution is 2.23. The number of alkyl halides is 2. The number of thiazole rings is 1. The van der Waals surface area contributed by atoms with Crippen LogP contribution in [0.3, 0.4) is 0 Å². The number of nitrogens with zero attached hydrogens (tertiary/aromatic N) is 4. The molecule has 0 fully saturated rings. The van der Waals surface area contributed by atoms with Crippen LogP contribution in [0, 0.1) is 0 Å². The zero-order valence-electron chi connectivity index (χ0n) is 9.92. The van der Waals surface area contributed by atoms with Crippen LogP contribution in [0.15, 0.2) is 11.7 Å². The van der Waals surface area contributed by atoms with E-state index in [2.05, 4.69) is 20.0 Å². The van der Waals surface area contributed by atoms with Crippen molar-refractivity contribution in [3.8, 4) is 0 Å². The van der Waals surface area contributed by atoms with Crippen LogP contribution in [0.1, 0.15) is 34.4 Å². The lowest BCUT2D eigenvalue weighted by atomic mass is 10.3. The summed E-state index contributed by atoms with van der Waals surface area (Å²) in [5.41, 5.74) is 0.605. The first-order valence-corrected chi connectivity index (χ1v) is 6.27. The smallest absolute Gasteiger partial charge is 0.361 e. The maximum Gasteiger partial charge on any atom is 0.361 e. The maximum absolute atomic E-state index is 13.0. The highest BCUT2D eigenvalue weighted by Gasteiger charge is 2.27. The van der Waals surface area contributed by atoms with Crippen molar-refractivity contribution in [3.63, 3.8) is 0 Å². The zero-order chi connectivity index (χ0) is 13.8. The van der Waals surface area contributed by atoms with Gasteiger partial charge in [0.1, 0.15) is 5.69 Å². The van der Waals surface area contributed by atoms with Gasteiger partial charge in [-0.25, -0.2) is 18.3 Å². The predicted octanol–water partition coefficient (Wildman–Crippen LogP) is 1.90. The molecule has 2 rings (SSSR count). The number of rotatable bonds is 5. The molecule has 0 bridgehead atoms. The zero-order valence-corrected chi connectivity index (χ0v) is 10.7. The fourth-order valence-corrected chi connectivity index (χ4v) is 2.04. The van der Waals surface area contributed by atoms with Gasteiger partial charge in [0.25, 0.3) is 6.43 Å². The molecule has 0 amide bonds. The largest absolute Gasteiger partial charge is 0.461 e. The van der Waals surface area contributed by atoms with Gasteiger partial charge in [-0.05, 0) is 6.92 Å². The van der Waals surface area contributed by atoms with E-state index >= 15 is 0 Å². The lowest BCUT2D eigenvalue weighted by molar-refractivity contribution is 0.0506. The van der Waals surface area contributed by atoms with E-state index < -0.39 is 23.8 Å². The third-order valence-corrected chi connectivity index (χ3v) is 3.00. The molecule has 0 unspecified atom stereocenters. The van der Waals surface area contributed by atoms with Gasteiger partial charge < -0.3 is 4.74 Å². The number of ether oxygens (including phenoxy) is 1. The van der Waals surface area contributed by atoms with Crippen LogP contribution in [0.25, 0.3) is 0 Å². The highest BCUT2D eigenvalue weighted by molar-refractivity contribution is 7.09. The fourth-order valence-electron chi connectivity index (χ4n) is 1.47. The molecule has 0 aliphatic heterocycles. The third kappa shape index (κ3) is 2.92. The molecular weight excluding hydrogens is 278 g/mol. The molecule has 0 saturated heterocycles. The standard InChI is InChI=1S/C10H10F2N4O2S/c1-2-18-10(17)7-8(9(11)12)16(15-14-7)4-6-3-13-5-19-6/h3,5,9H,2,4H2,1H3. The summed E-state index contributed by atoms with van der Waals surface area (Å²) < 4.78 is 31.7. The third-order valence-electron chi connectivity index (χ3n) is 2.24. The van der Waals surface area contributed by atoms with Crippen LogP contribution in [0.5, 0.6) is 0 Å². The molecule has 0 aromatic carbocycles. The second-order valence-corrected chi connectivity index (χ2v) is 4.44. The van der Waals surface area contributed by atoms with E-state index in [1.807, 2.05) is 0 Å². The Balaban J connectivity index is 2.31. The molecule has 6 nitrogen and oxygen atoms in total. The molecule has 0 saturated carbocycles. The second-order valence-electron chi connectivity index (χ2n) is 3.47. The van der Waals surface area contributed by atoms with Crippen LogP contribution in [0.4, 0.5) is 8.78 Å². The van der Waals surface area contributed by atoms with E-state index in [1.54, 1.807) is 18.6 Å². The Labute approximate surface area is 111 Å². The molecule has 2 heterocycles. The Hall–Kier alpha value is -1.90. The van der Waals surface area contributed by atoms with Crippen molar-refractivity contribution in [3.05, 3.63) is 28.0 Å². The van der Waals surface area contributed by atoms with Gasteiger partial charge in [0.05, 0.1) is 18.7 Å². The van der Waals surface area contributed by atoms with Crippen molar-refractivity contribution in [2.45, 2.75) is 19.9 Å². The normalized spacial score (nSPS) is 10.9. The van der Waals surface area contributed by atoms with E-state index in [0.29, 0.717) is 0 Å². The maximum atomic E-state index is 13.0. The van der Waals surface area contributed by atoms with Crippen LogP contribution in [-0.4, -0.2) is 32.6 Å². The first kappa shape index (κ1) is 13.5. The van der Waals surface area contributed by atoms with Gasteiger partial charge >= 0.3 is 5.97 Å². The topological polar surface area (TPSA) is 69.9 Å². The summed E-state index contributed by atoms with van der Waals surface area (Å²) in [4.78, 5) is 16.1. The van der Waals surface area contributed by atoms with Gasteiger partial charge in [-0.1, -0.05) is 5.21 Å². The molecule has 9 heteroatoms. The molecule has 0 radical (unpaired) electrons. The summed E-state index contributed by atoms with van der Waals surface area (Å²) in [6, 6.07) is 0. The van der Waals surface area contributed by atoms with Crippen LogP contribution in [0.2, 0.25) is 0 Å². The summed E-state index contributed by atoms with van der Waals surface area (Å²) in [5.74, 6) is -0.895. The van der Waals surface area contributed by atoms with Crippen molar-refractivity contribution >= 4 is 17.3 Å². The Bertz CT molecular complexity index is 556. The van der Waals surface area contributed by atoms with Crippen molar-refractivity contribution < 1.29 is 18.3 Å². The van der Waals surface area contributed by atoms with E-state index in [1.165, 1.54) is 11.3 Å². The average Bonchev–Trinajstić information content (AvgIpc) is 2.99. The molecule has 2 aromatic heterocycles. The van der Waals surface area contributed by atoms with E-state index in [9.17, 15) is 13.6 Å². The van der Waals surface area contributed by atoms with E-state index in [4.69, 9.17) is 0 Å². The summed E-state index contributed by atoms with van der Waals surface area (Å²) in [7, 11) is 0. The van der Waals surface area contributed by atoms with Crippen LogP contribution in [-0.2, 0) is 11.3 Å². The first-order valence-electron chi connectivity index (χ1n) is 5.39. The minimum Gasteiger partial charge on any atom is -0.461 e. The number of aromatic nitrogens is 4. The van der Waals surface area contributed by atoms with E-state index in [0.717, 1.165) is 9.56 Å². The molecule has 0 aliphatic rings. The SMILES string of the molecule is CCOC(=O)c1nnn(Cc2cncs2)c1C(F)F. The van der Waals surface area contributed by atoms with Gasteiger partial charge in [0.15, 0.2) is 5.69 Å². The molecule has 0 aliphatic carbocycles. The number of carbonyl (C=O) groups is 1. The van der Waals surface area contributed by atoms with Crippen molar-refractivity contribution in [2.75, 3.05) is 6.61 Å². The van der Waals surface area contributed by atoms with Gasteiger partial charge in [-0.3, -0.25) is 4.98 Å². The van der Waals surface area contributed by atoms with E-state index in [-0.39, 0.29) is 13.2 Å². The first-order chi connectivity index (χ1) is 9.13. The Kier molecular flexibility index (Phi) is 4.15. The monoisotopic (exact) mass is 288 g/mol. The Morgan fingerprint density at radius 1 is 1.58 bits per heavy atom. The number of hydrogen-bond acceptors (Lipinski definition) is 6. The van der Waals surface area contributed by atoms with Crippen LogP contribution >= 0.6 is 11.3 Å². The quantitative estimate of drug-likeness (QED) is 0.786. The Morgan fingerprint density at radius 2 is 2.37 bits per heavy atom. The average molecular weight is 288 g/mol. The highest BCUT2D eigenvalue weighted by atomic mass is 32.1. The van der Waals surface area contributed by atoms with Crippen molar-refractivity contribution in [2.24, 2.45) is 0 Å². The minimum absolute atomic E-state index is 0.0865. The number of esters is 1. The summed E-state index contributed by atoms with van der Waals surface area (Å²) in [5, 5.41) is 7.06. The second kappa shape index (κ2) is 5.83. The van der Waals surface area contributed by atoms with Gasteiger partial charge in [0, 0.05) is 11.1 Å². The van der Waals surface area contributed by atoms with Gasteiger partial charge in [-0.2, -0.15) is 0 Å². The molecule has 0 atom stereocenters. The lowest BCUT2D eigenvalue weighted by Gasteiger charge is -2.05. The lowest BCUT2D eigenvalue weighted by Crippen LogP contribution is -2.11. The molecule has 102 valence electrons. The van der Waals surface area contributed by atoms with Crippen LogP contribution < -0.4 is 0 Å². The summed E-state index contributed by atoms with van der Waals surface area (Å²) in [6.45, 7) is 1.77. The predicted molar refractivity (Wildman–Crippen MR) is 62.2 cm³/mol. The molecular formula is C10H10F2N4O2S. The van der Waals surface area contributed by atoms with Crippen molar-refractivity contribution in [1.82, 2.24) is 20.0 Å². The minimum atomic E-state index is -2.86. The molecule has 0 N–H and O–H groups in total. The molecule has 0 spiro atoms. The number of hydrogen-bond donors (Lipinski definition) is 0. The summed E-state index contributed by atoms with van der Waals surface area (Å²) >= 11 is 1.31. The fraction of sp³-hybridized carbons (Fsp3) is 0.400.